The van der Waals surface area contributed by atoms with Gasteiger partial charge in [-0.05, 0) is 36.0 Å². The van der Waals surface area contributed by atoms with Crippen molar-refractivity contribution in [3.63, 3.8) is 0 Å². The highest BCUT2D eigenvalue weighted by molar-refractivity contribution is 9.10. The van der Waals surface area contributed by atoms with Gasteiger partial charge in [-0.2, -0.15) is 0 Å². The van der Waals surface area contributed by atoms with Crippen molar-refractivity contribution in [2.45, 2.75) is 6.54 Å². The van der Waals surface area contributed by atoms with Crippen molar-refractivity contribution >= 4 is 49.9 Å². The molecule has 0 saturated carbocycles. The number of azo groups is 1. The minimum absolute atomic E-state index is 0.0345. The van der Waals surface area contributed by atoms with E-state index in [-0.39, 0.29) is 11.0 Å². The molecule has 0 atom stereocenters. The van der Waals surface area contributed by atoms with Crippen LogP contribution in [0.4, 0.5) is 5.69 Å². The second-order valence-corrected chi connectivity index (χ2v) is 6.16. The number of benzene rings is 2. The zero-order chi connectivity index (χ0) is 16.2. The molecule has 0 fully saturated rings. The van der Waals surface area contributed by atoms with Crippen LogP contribution in [-0.2, 0) is 6.54 Å². The van der Waals surface area contributed by atoms with Gasteiger partial charge in [0.2, 0.25) is 11.0 Å². The Morgan fingerprint density at radius 2 is 2.00 bits per heavy atom. The number of nitrogens with zero attached hydrogens (tertiary/aromatic N) is 2. The van der Waals surface area contributed by atoms with E-state index in [4.69, 9.17) is 12.2 Å². The summed E-state index contributed by atoms with van der Waals surface area (Å²) in [5.41, 5.74) is 2.25. The molecule has 0 radical (unpaired) electrons. The van der Waals surface area contributed by atoms with Gasteiger partial charge in [0, 0.05) is 16.4 Å². The molecule has 1 aromatic heterocycles. The third-order valence-corrected chi connectivity index (χ3v) is 3.96. The Hall–Kier alpha value is -2.25. The van der Waals surface area contributed by atoms with Gasteiger partial charge in [0.1, 0.15) is 0 Å². The van der Waals surface area contributed by atoms with E-state index < -0.39 is 0 Å². The summed E-state index contributed by atoms with van der Waals surface area (Å²) in [7, 11) is 0. The average Bonchev–Trinajstić information content (AvgIpc) is 2.86. The van der Waals surface area contributed by atoms with Crippen LogP contribution in [0.15, 0.2) is 63.2 Å². The molecule has 0 spiro atoms. The highest BCUT2D eigenvalue weighted by Crippen LogP contribution is 2.36. The van der Waals surface area contributed by atoms with E-state index in [0.717, 1.165) is 20.9 Å². The monoisotopic (exact) mass is 388 g/mol. The predicted octanol–water partition coefficient (Wildman–Crippen LogP) is 4.79. The summed E-state index contributed by atoms with van der Waals surface area (Å²) < 4.78 is 0.894. The fraction of sp³-hybridized carbons (Fsp3) is 0.0625. The highest BCUT2D eigenvalue weighted by atomic mass is 79.9. The summed E-state index contributed by atoms with van der Waals surface area (Å²) in [5, 5.41) is 22.0. The van der Waals surface area contributed by atoms with Gasteiger partial charge >= 0.3 is 0 Å². The van der Waals surface area contributed by atoms with Crippen molar-refractivity contribution < 1.29 is 5.11 Å². The zero-order valence-electron chi connectivity index (χ0n) is 12.0. The minimum atomic E-state index is -0.0345. The van der Waals surface area contributed by atoms with Crippen LogP contribution in [0.1, 0.15) is 5.56 Å². The van der Waals surface area contributed by atoms with Gasteiger partial charge in [0.15, 0.2) is 5.69 Å². The zero-order valence-corrected chi connectivity index (χ0v) is 14.4. The Morgan fingerprint density at radius 1 is 1.22 bits per heavy atom. The molecule has 23 heavy (non-hydrogen) atoms. The van der Waals surface area contributed by atoms with Crippen LogP contribution in [0.25, 0.3) is 10.9 Å². The number of H-pyrrole nitrogens is 1. The van der Waals surface area contributed by atoms with Crippen molar-refractivity contribution in [3.05, 3.63) is 58.6 Å². The Labute approximate surface area is 146 Å². The van der Waals surface area contributed by atoms with Gasteiger partial charge in [-0.1, -0.05) is 46.3 Å². The molecule has 0 aliphatic carbocycles. The molecule has 1 heterocycles. The SMILES string of the molecule is Oc1[nH]c2ccc(Br)cc2c1N=NC(=S)NCc1ccccc1. The minimum Gasteiger partial charge on any atom is -0.493 e. The maximum absolute atomic E-state index is 9.96. The summed E-state index contributed by atoms with van der Waals surface area (Å²) in [6, 6.07) is 15.5. The number of fused-ring (bicyclic) bond motifs is 1. The molecular formula is C16H13BrN4OS. The normalized spacial score (nSPS) is 11.2. The lowest BCUT2D eigenvalue weighted by atomic mass is 10.2. The van der Waals surface area contributed by atoms with Gasteiger partial charge < -0.3 is 15.4 Å². The van der Waals surface area contributed by atoms with E-state index >= 15 is 0 Å². The van der Waals surface area contributed by atoms with Crippen LogP contribution in [0.5, 0.6) is 5.88 Å². The Balaban J connectivity index is 1.73. The molecule has 116 valence electrons. The second kappa shape index (κ2) is 6.89. The van der Waals surface area contributed by atoms with Gasteiger partial charge in [-0.3, -0.25) is 0 Å². The van der Waals surface area contributed by atoms with Crippen LogP contribution >= 0.6 is 28.1 Å². The van der Waals surface area contributed by atoms with Gasteiger partial charge in [-0.15, -0.1) is 10.2 Å². The molecule has 7 heteroatoms. The first-order chi connectivity index (χ1) is 11.1. The maximum Gasteiger partial charge on any atom is 0.218 e. The number of aromatic hydroxyl groups is 1. The third-order valence-electron chi connectivity index (χ3n) is 3.24. The van der Waals surface area contributed by atoms with Gasteiger partial charge in [0.05, 0.1) is 5.52 Å². The molecule has 3 N–H and O–H groups in total. The molecule has 0 unspecified atom stereocenters. The van der Waals surface area contributed by atoms with E-state index in [2.05, 4.69) is 36.5 Å². The number of rotatable bonds is 3. The lowest BCUT2D eigenvalue weighted by Gasteiger charge is -2.02. The summed E-state index contributed by atoms with van der Waals surface area (Å²) in [5.74, 6) is -0.0345. The summed E-state index contributed by atoms with van der Waals surface area (Å²) >= 11 is 8.55. The number of halogens is 1. The van der Waals surface area contributed by atoms with E-state index in [1.165, 1.54) is 0 Å². The summed E-state index contributed by atoms with van der Waals surface area (Å²) in [6.07, 6.45) is 0. The molecule has 3 rings (SSSR count). The molecule has 0 aliphatic rings. The van der Waals surface area contributed by atoms with Crippen LogP contribution in [0, 0.1) is 0 Å². The number of hydrogen-bond donors (Lipinski definition) is 3. The second-order valence-electron chi connectivity index (χ2n) is 4.86. The topological polar surface area (TPSA) is 72.8 Å². The van der Waals surface area contributed by atoms with E-state index in [0.29, 0.717) is 12.2 Å². The van der Waals surface area contributed by atoms with Crippen LogP contribution in [-0.4, -0.2) is 15.2 Å². The molecule has 3 aromatic rings. The Bertz CT molecular complexity index is 876. The van der Waals surface area contributed by atoms with E-state index in [1.807, 2.05) is 48.5 Å². The molecule has 0 amide bonds. The largest absolute Gasteiger partial charge is 0.493 e. The van der Waals surface area contributed by atoms with Crippen molar-refractivity contribution in [2.75, 3.05) is 0 Å². The number of hydrogen-bond acceptors (Lipinski definition) is 3. The van der Waals surface area contributed by atoms with Crippen LogP contribution in [0.2, 0.25) is 0 Å². The van der Waals surface area contributed by atoms with Crippen molar-refractivity contribution in [2.24, 2.45) is 10.2 Å². The highest BCUT2D eigenvalue weighted by Gasteiger charge is 2.10. The number of aromatic nitrogens is 1. The number of aromatic amines is 1. The van der Waals surface area contributed by atoms with Crippen molar-refractivity contribution in [3.8, 4) is 5.88 Å². The first-order valence-corrected chi connectivity index (χ1v) is 8.07. The summed E-state index contributed by atoms with van der Waals surface area (Å²) in [6.45, 7) is 0.574. The lowest BCUT2D eigenvalue weighted by molar-refractivity contribution is 0.459. The lowest BCUT2D eigenvalue weighted by Crippen LogP contribution is -2.18. The predicted molar refractivity (Wildman–Crippen MR) is 98.1 cm³/mol. The van der Waals surface area contributed by atoms with Gasteiger partial charge in [-0.25, -0.2) is 0 Å². The number of thiocarbonyl (C=S) groups is 1. The molecule has 0 saturated heterocycles. The van der Waals surface area contributed by atoms with Crippen molar-refractivity contribution in [1.29, 1.82) is 0 Å². The third kappa shape index (κ3) is 3.75. The fourth-order valence-electron chi connectivity index (χ4n) is 2.14. The van der Waals surface area contributed by atoms with Crippen LogP contribution < -0.4 is 5.32 Å². The molecule has 0 aliphatic heterocycles. The summed E-state index contributed by atoms with van der Waals surface area (Å²) in [4.78, 5) is 2.85. The first-order valence-electron chi connectivity index (χ1n) is 6.87. The molecule has 2 aromatic carbocycles. The average molecular weight is 389 g/mol. The maximum atomic E-state index is 9.96. The standard InChI is InChI=1S/C16H13BrN4OS/c17-11-6-7-13-12(8-11)14(15(22)19-13)20-21-16(23)18-9-10-4-2-1-3-5-10/h1-8,19,22H,9H2,(H,18,23). The smallest absolute Gasteiger partial charge is 0.218 e. The Kier molecular flexibility index (Phi) is 4.68. The van der Waals surface area contributed by atoms with Gasteiger partial charge in [0.25, 0.3) is 0 Å². The quantitative estimate of drug-likeness (QED) is 0.445. The van der Waals surface area contributed by atoms with E-state index in [1.54, 1.807) is 0 Å². The van der Waals surface area contributed by atoms with Crippen LogP contribution in [0.3, 0.4) is 0 Å². The van der Waals surface area contributed by atoms with Crippen molar-refractivity contribution in [1.82, 2.24) is 10.3 Å². The molecule has 5 nitrogen and oxygen atoms in total. The fourth-order valence-corrected chi connectivity index (χ4v) is 2.62. The van der Waals surface area contributed by atoms with E-state index in [9.17, 15) is 5.11 Å². The Morgan fingerprint density at radius 3 is 2.78 bits per heavy atom. The molecule has 0 bridgehead atoms. The molecular weight excluding hydrogens is 376 g/mol. The first kappa shape index (κ1) is 15.6. The number of nitrogens with one attached hydrogen (secondary N) is 2.